The van der Waals surface area contributed by atoms with Crippen LogP contribution in [0.15, 0.2) is 24.3 Å². The van der Waals surface area contributed by atoms with E-state index in [1.807, 2.05) is 0 Å². The lowest BCUT2D eigenvalue weighted by Crippen LogP contribution is -2.25. The van der Waals surface area contributed by atoms with E-state index in [4.69, 9.17) is 6.63 Å². The number of nitrogens with one attached hydrogen (secondary N) is 1. The SMILES string of the molecule is CC(C)(C)Cc1ccc(NC(C)(C)C)cc1.[2H]C#N. The highest BCUT2D eigenvalue weighted by Gasteiger charge is 2.12. The predicted molar refractivity (Wildman–Crippen MR) is 79.6 cm³/mol. The van der Waals surface area contributed by atoms with E-state index in [0.717, 1.165) is 13.0 Å². The summed E-state index contributed by atoms with van der Waals surface area (Å²) >= 11 is 0. The van der Waals surface area contributed by atoms with E-state index >= 15 is 0 Å². The molecule has 0 spiro atoms. The normalized spacial score (nSPS) is 11.7. The Morgan fingerprint density at radius 1 is 1.11 bits per heavy atom. The molecule has 1 rings (SSSR count). The molecule has 0 aliphatic rings. The zero-order valence-corrected chi connectivity index (χ0v) is 12.5. The number of benzene rings is 1. The summed E-state index contributed by atoms with van der Waals surface area (Å²) in [5.74, 6) is 0. The van der Waals surface area contributed by atoms with Gasteiger partial charge in [0.15, 0.2) is 1.37 Å². The van der Waals surface area contributed by atoms with Crippen LogP contribution in [0.2, 0.25) is 0 Å². The average Bonchev–Trinajstić information content (AvgIpc) is 2.18. The molecule has 2 heteroatoms. The van der Waals surface area contributed by atoms with E-state index in [1.165, 1.54) is 11.3 Å². The van der Waals surface area contributed by atoms with E-state index in [9.17, 15) is 0 Å². The van der Waals surface area contributed by atoms with Crippen LogP contribution >= 0.6 is 0 Å². The molecule has 0 bridgehead atoms. The maximum absolute atomic E-state index is 6.99. The molecule has 18 heavy (non-hydrogen) atoms. The van der Waals surface area contributed by atoms with Gasteiger partial charge in [-0.25, -0.2) is 5.26 Å². The first-order valence-corrected chi connectivity index (χ1v) is 6.25. The first kappa shape index (κ1) is 14.6. The van der Waals surface area contributed by atoms with Crippen LogP contribution in [0.25, 0.3) is 0 Å². The van der Waals surface area contributed by atoms with Gasteiger partial charge in [0.05, 0.1) is 0 Å². The van der Waals surface area contributed by atoms with Gasteiger partial charge in [0.25, 0.3) is 0 Å². The third kappa shape index (κ3) is 7.73. The zero-order chi connectivity index (χ0) is 15.1. The summed E-state index contributed by atoms with van der Waals surface area (Å²) in [6.45, 7) is 14.3. The molecule has 0 aliphatic carbocycles. The molecule has 1 N–H and O–H groups in total. The topological polar surface area (TPSA) is 35.8 Å². The minimum Gasteiger partial charge on any atom is -0.380 e. The molecular weight excluding hydrogens is 220 g/mol. The second-order valence-electron chi connectivity index (χ2n) is 6.81. The highest BCUT2D eigenvalue weighted by Crippen LogP contribution is 2.22. The standard InChI is InChI=1S/C15H25N.CHN/c1-14(2,3)11-12-7-9-13(10-8-12)16-15(4,5)6;1-2/h7-10,16H,11H2,1-6H3;1H/i;1D. The van der Waals surface area contributed by atoms with Crippen molar-refractivity contribution in [3.63, 3.8) is 0 Å². The third-order valence-electron chi connectivity index (χ3n) is 2.21. The van der Waals surface area contributed by atoms with Crippen molar-refractivity contribution in [2.75, 3.05) is 5.32 Å². The fraction of sp³-hybridized carbons (Fsp3) is 0.562. The van der Waals surface area contributed by atoms with Crippen molar-refractivity contribution in [1.29, 1.82) is 5.26 Å². The van der Waals surface area contributed by atoms with Crippen molar-refractivity contribution < 1.29 is 1.37 Å². The van der Waals surface area contributed by atoms with Crippen LogP contribution < -0.4 is 5.32 Å². The van der Waals surface area contributed by atoms with Gasteiger partial charge in [-0.2, -0.15) is 0 Å². The lowest BCUT2D eigenvalue weighted by atomic mass is 9.88. The molecule has 100 valence electrons. The van der Waals surface area contributed by atoms with Crippen molar-refractivity contribution in [3.05, 3.63) is 29.8 Å². The van der Waals surface area contributed by atoms with Gasteiger partial charge in [0, 0.05) is 17.8 Å². The summed E-state index contributed by atoms with van der Waals surface area (Å²) in [4.78, 5) is 0. The average molecular weight is 247 g/mol. The van der Waals surface area contributed by atoms with E-state index in [1.54, 1.807) is 0 Å². The molecule has 0 atom stereocenters. The summed E-state index contributed by atoms with van der Waals surface area (Å²) in [6, 6.07) is 8.79. The van der Waals surface area contributed by atoms with Crippen molar-refractivity contribution in [3.8, 4) is 6.55 Å². The number of hydrogen-bond acceptors (Lipinski definition) is 2. The number of nitriles is 1. The van der Waals surface area contributed by atoms with Crippen LogP contribution in [-0.2, 0) is 6.42 Å². The fourth-order valence-electron chi connectivity index (χ4n) is 1.75. The van der Waals surface area contributed by atoms with Gasteiger partial charge in [0.2, 0.25) is 0 Å². The zero-order valence-electron chi connectivity index (χ0n) is 13.5. The lowest BCUT2D eigenvalue weighted by molar-refractivity contribution is 0.411. The summed E-state index contributed by atoms with van der Waals surface area (Å²) in [5, 5.41) is 10.5. The predicted octanol–water partition coefficient (Wildman–Crippen LogP) is 4.63. The second-order valence-corrected chi connectivity index (χ2v) is 6.81. The third-order valence-corrected chi connectivity index (χ3v) is 2.21. The fourth-order valence-corrected chi connectivity index (χ4v) is 1.75. The van der Waals surface area contributed by atoms with Gasteiger partial charge >= 0.3 is 0 Å². The molecule has 0 radical (unpaired) electrons. The van der Waals surface area contributed by atoms with Crippen molar-refractivity contribution >= 4 is 5.69 Å². The highest BCUT2D eigenvalue weighted by atomic mass is 14.9. The minimum atomic E-state index is 0.130. The Labute approximate surface area is 113 Å². The van der Waals surface area contributed by atoms with Crippen molar-refractivity contribution in [2.45, 2.75) is 53.5 Å². The Morgan fingerprint density at radius 3 is 1.89 bits per heavy atom. The summed E-state index contributed by atoms with van der Waals surface area (Å²) in [6.07, 6.45) is 1.13. The van der Waals surface area contributed by atoms with Gasteiger partial charge in [-0.05, 0) is 50.3 Å². The molecule has 0 amide bonds. The van der Waals surface area contributed by atoms with E-state index in [0.29, 0.717) is 5.41 Å². The molecule has 1 aromatic carbocycles. The van der Waals surface area contributed by atoms with Crippen molar-refractivity contribution in [1.82, 2.24) is 0 Å². The van der Waals surface area contributed by atoms with Crippen molar-refractivity contribution in [2.24, 2.45) is 5.41 Å². The number of anilines is 1. The molecule has 0 saturated heterocycles. The van der Waals surface area contributed by atoms with Gasteiger partial charge in [0.1, 0.15) is 0 Å². The molecule has 0 saturated carbocycles. The van der Waals surface area contributed by atoms with Crippen LogP contribution in [0.4, 0.5) is 5.69 Å². The Balaban J connectivity index is 0.000000982. The summed E-state index contributed by atoms with van der Waals surface area (Å²) in [5.41, 5.74) is 3.10. The van der Waals surface area contributed by atoms with E-state index < -0.39 is 0 Å². The number of rotatable bonds is 2. The monoisotopic (exact) mass is 247 g/mol. The smallest absolute Gasteiger partial charge is 0.156 e. The molecule has 0 unspecified atom stereocenters. The number of nitrogens with zero attached hydrogens (tertiary/aromatic N) is 1. The molecule has 0 aromatic heterocycles. The largest absolute Gasteiger partial charge is 0.380 e. The second kappa shape index (κ2) is 6.44. The van der Waals surface area contributed by atoms with Crippen LogP contribution in [0, 0.1) is 17.2 Å². The van der Waals surface area contributed by atoms with Crippen LogP contribution in [0.3, 0.4) is 0 Å². The minimum absolute atomic E-state index is 0.130. The van der Waals surface area contributed by atoms with E-state index in [2.05, 4.69) is 71.1 Å². The van der Waals surface area contributed by atoms with E-state index in [-0.39, 0.29) is 5.54 Å². The Kier molecular flexibility index (Phi) is 5.22. The Morgan fingerprint density at radius 2 is 1.56 bits per heavy atom. The lowest BCUT2D eigenvalue weighted by Gasteiger charge is -2.23. The maximum Gasteiger partial charge on any atom is 0.156 e. The molecule has 0 aliphatic heterocycles. The Bertz CT molecular complexity index is 367. The molecule has 2 nitrogen and oxygen atoms in total. The number of hydrogen-bond donors (Lipinski definition) is 1. The molecule has 0 fully saturated rings. The van der Waals surface area contributed by atoms with Crippen LogP contribution in [-0.4, -0.2) is 5.54 Å². The molecule has 0 heterocycles. The Hall–Kier alpha value is -1.49. The molecule has 1 aromatic rings. The maximum atomic E-state index is 6.99. The summed E-state index contributed by atoms with van der Waals surface area (Å²) in [7, 11) is 0. The van der Waals surface area contributed by atoms with Gasteiger partial charge in [-0.1, -0.05) is 32.9 Å². The van der Waals surface area contributed by atoms with Gasteiger partial charge in [-0.15, -0.1) is 0 Å². The first-order chi connectivity index (χ1) is 8.57. The van der Waals surface area contributed by atoms with Gasteiger partial charge in [-0.3, -0.25) is 0 Å². The highest BCUT2D eigenvalue weighted by molar-refractivity contribution is 5.46. The summed E-state index contributed by atoms with van der Waals surface area (Å²) < 4.78 is 5.51. The quantitative estimate of drug-likeness (QED) is 0.827. The van der Waals surface area contributed by atoms with Gasteiger partial charge < -0.3 is 5.32 Å². The van der Waals surface area contributed by atoms with Crippen LogP contribution in [0.5, 0.6) is 0 Å². The van der Waals surface area contributed by atoms with Crippen LogP contribution in [0.1, 0.15) is 48.5 Å². The first-order valence-electron chi connectivity index (χ1n) is 6.75. The molecular formula is C16H26N2.